The highest BCUT2D eigenvalue weighted by Gasteiger charge is 2.22. The Hall–Kier alpha value is -1.88. The molecule has 2 aromatic rings. The van der Waals surface area contributed by atoms with Crippen molar-refractivity contribution in [3.8, 4) is 0 Å². The van der Waals surface area contributed by atoms with E-state index in [2.05, 4.69) is 20.6 Å². The molecule has 0 aliphatic carbocycles. The van der Waals surface area contributed by atoms with Crippen LogP contribution < -0.4 is 10.6 Å². The summed E-state index contributed by atoms with van der Waals surface area (Å²) in [6.45, 7) is 1.67. The second kappa shape index (κ2) is 4.18. The van der Waals surface area contributed by atoms with Gasteiger partial charge in [0, 0.05) is 6.54 Å². The summed E-state index contributed by atoms with van der Waals surface area (Å²) >= 11 is 0. The molecule has 1 aromatic carbocycles. The van der Waals surface area contributed by atoms with Crippen LogP contribution in [0.25, 0.3) is 11.0 Å². The monoisotopic (exact) mass is 230 g/mol. The summed E-state index contributed by atoms with van der Waals surface area (Å²) in [6, 6.07) is 7.72. The fourth-order valence-electron chi connectivity index (χ4n) is 2.11. The first-order valence-corrected chi connectivity index (χ1v) is 5.79. The van der Waals surface area contributed by atoms with Crippen LogP contribution >= 0.6 is 0 Å². The molecule has 1 aliphatic heterocycles. The molecule has 1 atom stereocenters. The fraction of sp³-hybridized carbons (Fsp3) is 0.333. The third-order valence-electron chi connectivity index (χ3n) is 3.06. The summed E-state index contributed by atoms with van der Waals surface area (Å²) < 4.78 is 0. The van der Waals surface area contributed by atoms with E-state index in [1.807, 2.05) is 24.3 Å². The lowest BCUT2D eigenvalue weighted by molar-refractivity contribution is -0.119. The van der Waals surface area contributed by atoms with Gasteiger partial charge in [-0.05, 0) is 25.1 Å². The molecule has 17 heavy (non-hydrogen) atoms. The van der Waals surface area contributed by atoms with Crippen molar-refractivity contribution < 1.29 is 4.79 Å². The van der Waals surface area contributed by atoms with E-state index in [0.29, 0.717) is 5.95 Å². The first-order chi connectivity index (χ1) is 8.33. The molecule has 1 fully saturated rings. The van der Waals surface area contributed by atoms with Crippen molar-refractivity contribution in [1.82, 2.24) is 15.3 Å². The van der Waals surface area contributed by atoms with Crippen molar-refractivity contribution >= 4 is 22.9 Å². The number of H-pyrrole nitrogens is 1. The Bertz CT molecular complexity index is 509. The van der Waals surface area contributed by atoms with Crippen LogP contribution in [0.15, 0.2) is 24.3 Å². The van der Waals surface area contributed by atoms with Crippen molar-refractivity contribution in [2.75, 3.05) is 18.4 Å². The molecule has 3 rings (SSSR count). The van der Waals surface area contributed by atoms with E-state index >= 15 is 0 Å². The highest BCUT2D eigenvalue weighted by atomic mass is 16.2. The van der Waals surface area contributed by atoms with Gasteiger partial charge in [0.2, 0.25) is 11.9 Å². The average molecular weight is 230 g/mol. The van der Waals surface area contributed by atoms with E-state index in [-0.39, 0.29) is 11.8 Å². The maximum atomic E-state index is 11.9. The van der Waals surface area contributed by atoms with E-state index in [4.69, 9.17) is 0 Å². The van der Waals surface area contributed by atoms with Gasteiger partial charge in [0.1, 0.15) is 0 Å². The number of aromatic nitrogens is 2. The molecule has 5 nitrogen and oxygen atoms in total. The standard InChI is InChI=1S/C12H14N4O/c17-11(8-5-6-13-7-8)16-12-14-9-3-1-2-4-10(9)15-12/h1-4,8,13H,5-7H2,(H2,14,15,16,17). The van der Waals surface area contributed by atoms with Crippen molar-refractivity contribution in [3.63, 3.8) is 0 Å². The lowest BCUT2D eigenvalue weighted by atomic mass is 10.1. The minimum atomic E-state index is 0.0362. The Morgan fingerprint density at radius 2 is 2.29 bits per heavy atom. The number of benzene rings is 1. The molecule has 0 saturated carbocycles. The molecule has 0 bridgehead atoms. The molecule has 2 heterocycles. The second-order valence-electron chi connectivity index (χ2n) is 4.28. The lowest BCUT2D eigenvalue weighted by Crippen LogP contribution is -2.25. The van der Waals surface area contributed by atoms with Gasteiger partial charge < -0.3 is 10.3 Å². The highest BCUT2D eigenvalue weighted by Crippen LogP contribution is 2.15. The van der Waals surface area contributed by atoms with Gasteiger partial charge in [0.25, 0.3) is 0 Å². The molecule has 1 saturated heterocycles. The minimum absolute atomic E-state index is 0.0362. The molecule has 3 N–H and O–H groups in total. The smallest absolute Gasteiger partial charge is 0.231 e. The molecular formula is C12H14N4O. The fourth-order valence-corrected chi connectivity index (χ4v) is 2.11. The van der Waals surface area contributed by atoms with Crippen LogP contribution in [0.4, 0.5) is 5.95 Å². The summed E-state index contributed by atoms with van der Waals surface area (Å²) in [5.41, 5.74) is 1.81. The number of imidazole rings is 1. The number of anilines is 1. The minimum Gasteiger partial charge on any atom is -0.324 e. The predicted octanol–water partition coefficient (Wildman–Crippen LogP) is 1.11. The van der Waals surface area contributed by atoms with E-state index in [9.17, 15) is 4.79 Å². The van der Waals surface area contributed by atoms with Crippen LogP contribution in [0.1, 0.15) is 6.42 Å². The summed E-state index contributed by atoms with van der Waals surface area (Å²) in [5.74, 6) is 0.625. The molecule has 1 aliphatic rings. The molecular weight excluding hydrogens is 216 g/mol. The van der Waals surface area contributed by atoms with Gasteiger partial charge >= 0.3 is 0 Å². The van der Waals surface area contributed by atoms with E-state index < -0.39 is 0 Å². The van der Waals surface area contributed by atoms with Gasteiger partial charge in [-0.15, -0.1) is 0 Å². The largest absolute Gasteiger partial charge is 0.324 e. The second-order valence-corrected chi connectivity index (χ2v) is 4.28. The number of hydrogen-bond donors (Lipinski definition) is 3. The molecule has 0 radical (unpaired) electrons. The van der Waals surface area contributed by atoms with Gasteiger partial charge in [0.05, 0.1) is 17.0 Å². The van der Waals surface area contributed by atoms with Crippen molar-refractivity contribution in [2.24, 2.45) is 5.92 Å². The van der Waals surface area contributed by atoms with Gasteiger partial charge in [0.15, 0.2) is 0 Å². The first-order valence-electron chi connectivity index (χ1n) is 5.79. The van der Waals surface area contributed by atoms with Crippen LogP contribution in [-0.2, 0) is 4.79 Å². The van der Waals surface area contributed by atoms with Crippen LogP contribution in [0.5, 0.6) is 0 Å². The average Bonchev–Trinajstić information content (AvgIpc) is 2.97. The van der Waals surface area contributed by atoms with Gasteiger partial charge in [-0.3, -0.25) is 10.1 Å². The summed E-state index contributed by atoms with van der Waals surface area (Å²) in [4.78, 5) is 19.3. The van der Waals surface area contributed by atoms with Crippen molar-refractivity contribution in [2.45, 2.75) is 6.42 Å². The topological polar surface area (TPSA) is 69.8 Å². The molecule has 1 aromatic heterocycles. The Morgan fingerprint density at radius 3 is 3.06 bits per heavy atom. The maximum absolute atomic E-state index is 11.9. The van der Waals surface area contributed by atoms with Crippen molar-refractivity contribution in [1.29, 1.82) is 0 Å². The Labute approximate surface area is 98.6 Å². The van der Waals surface area contributed by atoms with E-state index in [1.165, 1.54) is 0 Å². The molecule has 1 unspecified atom stereocenters. The number of fused-ring (bicyclic) bond motifs is 1. The Kier molecular flexibility index (Phi) is 2.53. The molecule has 1 amide bonds. The summed E-state index contributed by atoms with van der Waals surface area (Å²) in [6.07, 6.45) is 0.895. The molecule has 5 heteroatoms. The normalized spacial score (nSPS) is 19.6. The summed E-state index contributed by atoms with van der Waals surface area (Å²) in [7, 11) is 0. The maximum Gasteiger partial charge on any atom is 0.231 e. The van der Waals surface area contributed by atoms with Crippen LogP contribution in [0.2, 0.25) is 0 Å². The number of carbonyl (C=O) groups excluding carboxylic acids is 1. The predicted molar refractivity (Wildman–Crippen MR) is 65.7 cm³/mol. The zero-order valence-corrected chi connectivity index (χ0v) is 9.36. The summed E-state index contributed by atoms with van der Waals surface area (Å²) in [5, 5.41) is 6.00. The number of hydrogen-bond acceptors (Lipinski definition) is 3. The molecule has 88 valence electrons. The number of para-hydroxylation sites is 2. The van der Waals surface area contributed by atoms with Crippen LogP contribution in [-0.4, -0.2) is 29.0 Å². The Morgan fingerprint density at radius 1 is 1.41 bits per heavy atom. The zero-order chi connectivity index (χ0) is 11.7. The number of rotatable bonds is 2. The van der Waals surface area contributed by atoms with E-state index in [0.717, 1.165) is 30.5 Å². The lowest BCUT2D eigenvalue weighted by Gasteiger charge is -2.06. The van der Waals surface area contributed by atoms with E-state index in [1.54, 1.807) is 0 Å². The van der Waals surface area contributed by atoms with Gasteiger partial charge in [-0.2, -0.15) is 0 Å². The number of nitrogens with one attached hydrogen (secondary N) is 3. The highest BCUT2D eigenvalue weighted by molar-refractivity contribution is 5.93. The Balaban J connectivity index is 1.77. The number of amides is 1. The van der Waals surface area contributed by atoms with Gasteiger partial charge in [-0.1, -0.05) is 12.1 Å². The number of aromatic amines is 1. The zero-order valence-electron chi connectivity index (χ0n) is 9.36. The SMILES string of the molecule is O=C(Nc1nc2ccccc2[nH]1)C1CCNC1. The number of nitrogens with zero attached hydrogens (tertiary/aromatic N) is 1. The quantitative estimate of drug-likeness (QED) is 0.724. The number of carbonyl (C=O) groups is 1. The first kappa shape index (κ1) is 10.3. The third-order valence-corrected chi connectivity index (χ3v) is 3.06. The van der Waals surface area contributed by atoms with Crippen LogP contribution in [0.3, 0.4) is 0 Å². The van der Waals surface area contributed by atoms with Crippen LogP contribution in [0, 0.1) is 5.92 Å². The van der Waals surface area contributed by atoms with Gasteiger partial charge in [-0.25, -0.2) is 4.98 Å². The third kappa shape index (κ3) is 2.01. The van der Waals surface area contributed by atoms with Crippen molar-refractivity contribution in [3.05, 3.63) is 24.3 Å². The molecule has 0 spiro atoms.